The van der Waals surface area contributed by atoms with Crippen LogP contribution in [0.1, 0.15) is 56.9 Å². The highest BCUT2D eigenvalue weighted by atomic mass is 19.1. The van der Waals surface area contributed by atoms with E-state index >= 15 is 0 Å². The molecule has 2 atom stereocenters. The zero-order valence-electron chi connectivity index (χ0n) is 16.7. The van der Waals surface area contributed by atoms with Gasteiger partial charge in [-0.15, -0.1) is 0 Å². The summed E-state index contributed by atoms with van der Waals surface area (Å²) in [6.45, 7) is 2.92. The molecule has 152 valence electrons. The maximum absolute atomic E-state index is 13.8. The van der Waals surface area contributed by atoms with Crippen LogP contribution in [0.3, 0.4) is 0 Å². The van der Waals surface area contributed by atoms with E-state index in [0.29, 0.717) is 0 Å². The SMILES string of the molecule is OCCC1CNCCN1C1(c2ccc(F)cc2)CC=NC2=C1CCCCCC2. The van der Waals surface area contributed by atoms with E-state index in [2.05, 4.69) is 16.4 Å². The molecular weight excluding hydrogens is 353 g/mol. The number of hydrogen-bond donors (Lipinski definition) is 2. The Morgan fingerprint density at radius 1 is 1.14 bits per heavy atom. The van der Waals surface area contributed by atoms with E-state index < -0.39 is 0 Å². The Morgan fingerprint density at radius 2 is 1.93 bits per heavy atom. The van der Waals surface area contributed by atoms with E-state index in [1.807, 2.05) is 12.1 Å². The van der Waals surface area contributed by atoms with Crippen LogP contribution in [0.4, 0.5) is 4.39 Å². The van der Waals surface area contributed by atoms with Crippen molar-refractivity contribution in [3.05, 3.63) is 46.9 Å². The number of halogens is 1. The molecule has 0 bridgehead atoms. The molecule has 1 saturated heterocycles. The molecule has 0 spiro atoms. The quantitative estimate of drug-likeness (QED) is 0.830. The van der Waals surface area contributed by atoms with Gasteiger partial charge >= 0.3 is 0 Å². The van der Waals surface area contributed by atoms with E-state index in [9.17, 15) is 9.50 Å². The molecule has 28 heavy (non-hydrogen) atoms. The van der Waals surface area contributed by atoms with E-state index in [-0.39, 0.29) is 24.0 Å². The molecule has 1 aromatic carbocycles. The number of aliphatic hydroxyl groups is 1. The molecule has 0 aromatic heterocycles. The predicted octanol–water partition coefficient (Wildman–Crippen LogP) is 3.76. The molecule has 4 rings (SSSR count). The van der Waals surface area contributed by atoms with Gasteiger partial charge in [0.15, 0.2) is 0 Å². The highest BCUT2D eigenvalue weighted by molar-refractivity contribution is 5.67. The molecule has 2 aliphatic heterocycles. The second-order valence-electron chi connectivity index (χ2n) is 8.29. The van der Waals surface area contributed by atoms with Crippen LogP contribution in [-0.4, -0.2) is 48.5 Å². The summed E-state index contributed by atoms with van der Waals surface area (Å²) >= 11 is 0. The third-order valence-corrected chi connectivity index (χ3v) is 6.70. The Labute approximate surface area is 167 Å². The Kier molecular flexibility index (Phi) is 6.24. The summed E-state index contributed by atoms with van der Waals surface area (Å²) in [4.78, 5) is 7.44. The maximum atomic E-state index is 13.8. The highest BCUT2D eigenvalue weighted by Gasteiger charge is 2.47. The van der Waals surface area contributed by atoms with Crippen LogP contribution in [0.5, 0.6) is 0 Å². The monoisotopic (exact) mass is 385 g/mol. The van der Waals surface area contributed by atoms with Gasteiger partial charge in [-0.3, -0.25) is 9.89 Å². The molecule has 5 heteroatoms. The predicted molar refractivity (Wildman–Crippen MR) is 111 cm³/mol. The number of aliphatic imine (C=N–C) groups is 1. The lowest BCUT2D eigenvalue weighted by Gasteiger charge is -2.53. The minimum atomic E-state index is -0.274. The fraction of sp³-hybridized carbons (Fsp3) is 0.609. The Balaban J connectivity index is 1.86. The Morgan fingerprint density at radius 3 is 2.71 bits per heavy atom. The number of nitrogens with one attached hydrogen (secondary N) is 1. The molecule has 3 aliphatic rings. The minimum Gasteiger partial charge on any atom is -0.396 e. The molecule has 0 radical (unpaired) electrons. The molecule has 2 N–H and O–H groups in total. The fourth-order valence-electron chi connectivity index (χ4n) is 5.39. The van der Waals surface area contributed by atoms with E-state index in [1.165, 1.54) is 37.0 Å². The first-order chi connectivity index (χ1) is 13.8. The number of rotatable bonds is 4. The van der Waals surface area contributed by atoms with Gasteiger partial charge < -0.3 is 10.4 Å². The Hall–Kier alpha value is -1.56. The number of hydrogen-bond acceptors (Lipinski definition) is 4. The van der Waals surface area contributed by atoms with Crippen molar-refractivity contribution in [3.8, 4) is 0 Å². The van der Waals surface area contributed by atoms with Crippen molar-refractivity contribution in [2.24, 2.45) is 4.99 Å². The van der Waals surface area contributed by atoms with E-state index in [1.54, 1.807) is 12.1 Å². The zero-order chi connectivity index (χ0) is 19.4. The van der Waals surface area contributed by atoms with E-state index in [4.69, 9.17) is 4.99 Å². The van der Waals surface area contributed by atoms with Gasteiger partial charge in [0.05, 0.1) is 5.54 Å². The first-order valence-corrected chi connectivity index (χ1v) is 10.8. The van der Waals surface area contributed by atoms with Crippen LogP contribution in [0.2, 0.25) is 0 Å². The van der Waals surface area contributed by atoms with Gasteiger partial charge in [0, 0.05) is 50.6 Å². The molecule has 4 nitrogen and oxygen atoms in total. The number of nitrogens with zero attached hydrogens (tertiary/aromatic N) is 2. The largest absolute Gasteiger partial charge is 0.396 e. The topological polar surface area (TPSA) is 47.9 Å². The number of aliphatic hydroxyl groups excluding tert-OH is 1. The van der Waals surface area contributed by atoms with Crippen molar-refractivity contribution < 1.29 is 9.50 Å². The summed E-state index contributed by atoms with van der Waals surface area (Å²) in [7, 11) is 0. The summed E-state index contributed by atoms with van der Waals surface area (Å²) in [6.07, 6.45) is 10.7. The molecule has 0 amide bonds. The van der Waals surface area contributed by atoms with Crippen LogP contribution in [0.25, 0.3) is 0 Å². The summed E-state index contributed by atoms with van der Waals surface area (Å²) in [5.41, 5.74) is 3.57. The van der Waals surface area contributed by atoms with Gasteiger partial charge in [-0.25, -0.2) is 4.39 Å². The summed E-state index contributed by atoms with van der Waals surface area (Å²) < 4.78 is 13.8. The van der Waals surface area contributed by atoms with Gasteiger partial charge in [-0.05, 0) is 55.4 Å². The van der Waals surface area contributed by atoms with Crippen LogP contribution in [0, 0.1) is 5.82 Å². The summed E-state index contributed by atoms with van der Waals surface area (Å²) in [5, 5.41) is 13.2. The normalized spacial score (nSPS) is 29.3. The third kappa shape index (κ3) is 3.68. The summed E-state index contributed by atoms with van der Waals surface area (Å²) in [5.74, 6) is -0.192. The van der Waals surface area contributed by atoms with Crippen molar-refractivity contribution in [3.63, 3.8) is 0 Å². The third-order valence-electron chi connectivity index (χ3n) is 6.70. The van der Waals surface area contributed by atoms with Crippen molar-refractivity contribution in [1.82, 2.24) is 10.2 Å². The zero-order valence-corrected chi connectivity index (χ0v) is 16.7. The fourth-order valence-corrected chi connectivity index (χ4v) is 5.39. The number of piperazine rings is 1. The van der Waals surface area contributed by atoms with E-state index in [0.717, 1.165) is 50.9 Å². The van der Waals surface area contributed by atoms with Gasteiger partial charge in [-0.2, -0.15) is 0 Å². The molecule has 2 heterocycles. The maximum Gasteiger partial charge on any atom is 0.123 e. The van der Waals surface area contributed by atoms with Crippen molar-refractivity contribution in [2.45, 2.75) is 62.9 Å². The van der Waals surface area contributed by atoms with Gasteiger partial charge in [0.25, 0.3) is 0 Å². The molecule has 2 unspecified atom stereocenters. The van der Waals surface area contributed by atoms with Crippen LogP contribution < -0.4 is 5.32 Å². The van der Waals surface area contributed by atoms with Gasteiger partial charge in [-0.1, -0.05) is 25.0 Å². The second-order valence-corrected chi connectivity index (χ2v) is 8.29. The minimum absolute atomic E-state index is 0.183. The molecular formula is C23H32FN3O. The first kappa shape index (κ1) is 19.7. The molecule has 1 fully saturated rings. The van der Waals surface area contributed by atoms with Crippen LogP contribution >= 0.6 is 0 Å². The first-order valence-electron chi connectivity index (χ1n) is 10.8. The van der Waals surface area contributed by atoms with Crippen molar-refractivity contribution in [1.29, 1.82) is 0 Å². The van der Waals surface area contributed by atoms with Gasteiger partial charge in [0.1, 0.15) is 5.82 Å². The van der Waals surface area contributed by atoms with Crippen molar-refractivity contribution in [2.75, 3.05) is 26.2 Å². The molecule has 0 saturated carbocycles. The lowest BCUT2D eigenvalue weighted by atomic mass is 9.72. The highest BCUT2D eigenvalue weighted by Crippen LogP contribution is 2.47. The average molecular weight is 386 g/mol. The number of allylic oxidation sites excluding steroid dienone is 1. The lowest BCUT2D eigenvalue weighted by Crippen LogP contribution is -2.61. The standard InChI is InChI=1S/C23H32FN3O/c24-19-9-7-18(8-10-19)23(27-15-14-25-17-20(27)11-16-28)12-13-26-22-6-4-2-1-3-5-21(22)23/h7-10,13,20,25,28H,1-6,11-12,14-17H2. The second kappa shape index (κ2) is 8.85. The smallest absolute Gasteiger partial charge is 0.123 e. The molecule has 1 aliphatic carbocycles. The molecule has 1 aromatic rings. The van der Waals surface area contributed by atoms with Gasteiger partial charge in [0.2, 0.25) is 0 Å². The van der Waals surface area contributed by atoms with Crippen molar-refractivity contribution >= 4 is 6.21 Å². The Bertz CT molecular complexity index is 728. The lowest BCUT2D eigenvalue weighted by molar-refractivity contribution is 0.0342. The summed E-state index contributed by atoms with van der Waals surface area (Å²) in [6, 6.07) is 7.38. The van der Waals surface area contributed by atoms with Crippen LogP contribution in [-0.2, 0) is 5.54 Å². The van der Waals surface area contributed by atoms with Crippen LogP contribution in [0.15, 0.2) is 40.5 Å². The average Bonchev–Trinajstić information content (AvgIpc) is 2.69. The number of benzene rings is 1.